The molecule has 0 aliphatic heterocycles. The monoisotopic (exact) mass is 290 g/mol. The van der Waals surface area contributed by atoms with E-state index < -0.39 is 0 Å². The van der Waals surface area contributed by atoms with Gasteiger partial charge in [0, 0.05) is 17.0 Å². The molecule has 3 nitrogen and oxygen atoms in total. The summed E-state index contributed by atoms with van der Waals surface area (Å²) in [6.45, 7) is 3.95. The van der Waals surface area contributed by atoms with Crippen molar-refractivity contribution in [3.05, 3.63) is 46.0 Å². The third kappa shape index (κ3) is 3.51. The van der Waals surface area contributed by atoms with Gasteiger partial charge < -0.3 is 9.73 Å². The predicted octanol–water partition coefficient (Wildman–Crippen LogP) is 3.79. The summed E-state index contributed by atoms with van der Waals surface area (Å²) in [6, 6.07) is 9.64. The van der Waals surface area contributed by atoms with Crippen LogP contribution in [0.4, 0.5) is 0 Å². The van der Waals surface area contributed by atoms with E-state index in [4.69, 9.17) is 4.42 Å². The molecule has 0 saturated heterocycles. The highest BCUT2D eigenvalue weighted by molar-refractivity contribution is 7.10. The molecule has 2 aromatic rings. The second-order valence-electron chi connectivity index (χ2n) is 5.63. The number of furan rings is 1. The maximum absolute atomic E-state index is 5.90. The first-order chi connectivity index (χ1) is 9.72. The Labute approximate surface area is 124 Å². The molecular weight excluding hydrogens is 268 g/mol. The molecule has 0 aromatic carbocycles. The van der Waals surface area contributed by atoms with E-state index >= 15 is 0 Å². The standard InChI is InChI=1S/C16H22N2OS/c1-12(16-4-3-9-20-16)18(2)11-15-8-7-14(19-15)10-17-13-5-6-13/h3-4,7-9,12-13,17H,5-6,10-11H2,1-2H3. The van der Waals surface area contributed by atoms with Crippen LogP contribution in [0.3, 0.4) is 0 Å². The molecule has 1 saturated carbocycles. The molecule has 4 heteroatoms. The lowest BCUT2D eigenvalue weighted by Crippen LogP contribution is -2.20. The van der Waals surface area contributed by atoms with Crippen molar-refractivity contribution in [1.82, 2.24) is 10.2 Å². The minimum Gasteiger partial charge on any atom is -0.463 e. The number of nitrogens with zero attached hydrogens (tertiary/aromatic N) is 1. The molecule has 1 atom stereocenters. The minimum absolute atomic E-state index is 0.424. The fraction of sp³-hybridized carbons (Fsp3) is 0.500. The Balaban J connectivity index is 1.53. The van der Waals surface area contributed by atoms with Gasteiger partial charge in [-0.25, -0.2) is 0 Å². The summed E-state index contributed by atoms with van der Waals surface area (Å²) >= 11 is 1.81. The molecule has 1 aliphatic carbocycles. The summed E-state index contributed by atoms with van der Waals surface area (Å²) in [7, 11) is 2.15. The third-order valence-corrected chi connectivity index (χ3v) is 4.92. The van der Waals surface area contributed by atoms with Crippen LogP contribution in [0.15, 0.2) is 34.1 Å². The zero-order valence-corrected chi connectivity index (χ0v) is 13.0. The van der Waals surface area contributed by atoms with Gasteiger partial charge in [-0.2, -0.15) is 0 Å². The van der Waals surface area contributed by atoms with Crippen LogP contribution in [0.1, 0.15) is 42.2 Å². The Morgan fingerprint density at radius 1 is 1.35 bits per heavy atom. The molecule has 2 aromatic heterocycles. The van der Waals surface area contributed by atoms with Gasteiger partial charge in [0.25, 0.3) is 0 Å². The van der Waals surface area contributed by atoms with Gasteiger partial charge in [-0.15, -0.1) is 11.3 Å². The summed E-state index contributed by atoms with van der Waals surface area (Å²) in [5.41, 5.74) is 0. The highest BCUT2D eigenvalue weighted by Gasteiger charge is 2.20. The lowest BCUT2D eigenvalue weighted by Gasteiger charge is -2.22. The van der Waals surface area contributed by atoms with Crippen LogP contribution in [-0.4, -0.2) is 18.0 Å². The second kappa shape index (κ2) is 6.12. The fourth-order valence-electron chi connectivity index (χ4n) is 2.26. The zero-order valence-electron chi connectivity index (χ0n) is 12.1. The van der Waals surface area contributed by atoms with E-state index in [1.54, 1.807) is 0 Å². The van der Waals surface area contributed by atoms with E-state index in [1.807, 2.05) is 11.3 Å². The molecule has 2 heterocycles. The van der Waals surface area contributed by atoms with Crippen molar-refractivity contribution in [3.63, 3.8) is 0 Å². The molecule has 0 spiro atoms. The number of thiophene rings is 1. The number of rotatable bonds is 7. The molecule has 3 rings (SSSR count). The number of nitrogens with one attached hydrogen (secondary N) is 1. The molecule has 0 bridgehead atoms. The van der Waals surface area contributed by atoms with Gasteiger partial charge in [0.05, 0.1) is 13.1 Å². The van der Waals surface area contributed by atoms with Crippen LogP contribution >= 0.6 is 11.3 Å². The Morgan fingerprint density at radius 3 is 2.85 bits per heavy atom. The Kier molecular flexibility index (Phi) is 4.24. The molecule has 1 N–H and O–H groups in total. The van der Waals surface area contributed by atoms with Gasteiger partial charge in [0.15, 0.2) is 0 Å². The van der Waals surface area contributed by atoms with Gasteiger partial charge in [-0.3, -0.25) is 4.90 Å². The van der Waals surface area contributed by atoms with Crippen molar-refractivity contribution >= 4 is 11.3 Å². The zero-order chi connectivity index (χ0) is 13.9. The highest BCUT2D eigenvalue weighted by Crippen LogP contribution is 2.25. The first-order valence-corrected chi connectivity index (χ1v) is 8.15. The molecular formula is C16H22N2OS. The van der Waals surface area contributed by atoms with Crippen molar-refractivity contribution in [2.45, 2.75) is 44.9 Å². The van der Waals surface area contributed by atoms with Crippen LogP contribution in [0, 0.1) is 0 Å². The molecule has 20 heavy (non-hydrogen) atoms. The topological polar surface area (TPSA) is 28.4 Å². The van der Waals surface area contributed by atoms with Crippen LogP contribution in [-0.2, 0) is 13.1 Å². The summed E-state index contributed by atoms with van der Waals surface area (Å²) in [5.74, 6) is 2.09. The first kappa shape index (κ1) is 13.9. The smallest absolute Gasteiger partial charge is 0.118 e. The Morgan fingerprint density at radius 2 is 2.15 bits per heavy atom. The van der Waals surface area contributed by atoms with Crippen LogP contribution in [0.25, 0.3) is 0 Å². The molecule has 0 amide bonds. The Bertz CT molecular complexity index is 530. The molecule has 108 valence electrons. The van der Waals surface area contributed by atoms with Crippen LogP contribution < -0.4 is 5.32 Å². The fourth-order valence-corrected chi connectivity index (χ4v) is 3.11. The number of hydrogen-bond donors (Lipinski definition) is 1. The van der Waals surface area contributed by atoms with E-state index in [-0.39, 0.29) is 0 Å². The quantitative estimate of drug-likeness (QED) is 0.841. The minimum atomic E-state index is 0.424. The van der Waals surface area contributed by atoms with Gasteiger partial charge in [0.2, 0.25) is 0 Å². The summed E-state index contributed by atoms with van der Waals surface area (Å²) < 4.78 is 5.90. The molecule has 1 aliphatic rings. The summed E-state index contributed by atoms with van der Waals surface area (Å²) in [4.78, 5) is 3.72. The average molecular weight is 290 g/mol. The third-order valence-electron chi connectivity index (χ3n) is 3.88. The molecule has 1 unspecified atom stereocenters. The second-order valence-corrected chi connectivity index (χ2v) is 6.61. The van der Waals surface area contributed by atoms with Crippen molar-refractivity contribution in [3.8, 4) is 0 Å². The molecule has 0 radical (unpaired) electrons. The van der Waals surface area contributed by atoms with Crippen LogP contribution in [0.5, 0.6) is 0 Å². The van der Waals surface area contributed by atoms with Gasteiger partial charge >= 0.3 is 0 Å². The van der Waals surface area contributed by atoms with Gasteiger partial charge in [-0.1, -0.05) is 6.07 Å². The normalized spacial score (nSPS) is 16.8. The first-order valence-electron chi connectivity index (χ1n) is 7.27. The van der Waals surface area contributed by atoms with Gasteiger partial charge in [0.1, 0.15) is 11.5 Å². The van der Waals surface area contributed by atoms with Crippen molar-refractivity contribution in [2.75, 3.05) is 7.05 Å². The van der Waals surface area contributed by atoms with E-state index in [0.29, 0.717) is 6.04 Å². The van der Waals surface area contributed by atoms with Crippen molar-refractivity contribution < 1.29 is 4.42 Å². The summed E-state index contributed by atoms with van der Waals surface area (Å²) in [5, 5.41) is 5.61. The van der Waals surface area contributed by atoms with E-state index in [9.17, 15) is 0 Å². The predicted molar refractivity (Wildman–Crippen MR) is 82.8 cm³/mol. The van der Waals surface area contributed by atoms with E-state index in [0.717, 1.165) is 30.7 Å². The highest BCUT2D eigenvalue weighted by atomic mass is 32.1. The number of hydrogen-bond acceptors (Lipinski definition) is 4. The maximum atomic E-state index is 5.90. The van der Waals surface area contributed by atoms with E-state index in [1.165, 1.54) is 17.7 Å². The van der Waals surface area contributed by atoms with E-state index in [2.05, 4.69) is 53.8 Å². The largest absolute Gasteiger partial charge is 0.463 e. The van der Waals surface area contributed by atoms with Crippen molar-refractivity contribution in [2.24, 2.45) is 0 Å². The lowest BCUT2D eigenvalue weighted by atomic mass is 10.2. The molecule has 1 fully saturated rings. The summed E-state index contributed by atoms with van der Waals surface area (Å²) in [6.07, 6.45) is 2.63. The van der Waals surface area contributed by atoms with Crippen molar-refractivity contribution in [1.29, 1.82) is 0 Å². The SMILES string of the molecule is CC(c1cccs1)N(C)Cc1ccc(CNC2CC2)o1. The van der Waals surface area contributed by atoms with Gasteiger partial charge in [-0.05, 0) is 50.4 Å². The Hall–Kier alpha value is -1.10. The maximum Gasteiger partial charge on any atom is 0.118 e. The average Bonchev–Trinajstić information content (AvgIpc) is 2.93. The van der Waals surface area contributed by atoms with Crippen LogP contribution in [0.2, 0.25) is 0 Å². The lowest BCUT2D eigenvalue weighted by molar-refractivity contribution is 0.232.